The third-order valence-electron chi connectivity index (χ3n) is 3.94. The first-order valence-electron chi connectivity index (χ1n) is 8.46. The van der Waals surface area contributed by atoms with Crippen LogP contribution in [0.5, 0.6) is 0 Å². The van der Waals surface area contributed by atoms with Crippen molar-refractivity contribution in [3.8, 4) is 0 Å². The summed E-state index contributed by atoms with van der Waals surface area (Å²) in [6, 6.07) is 20.3. The van der Waals surface area contributed by atoms with Gasteiger partial charge >= 0.3 is 5.97 Å². The Hall–Kier alpha value is -3.18. The van der Waals surface area contributed by atoms with E-state index in [9.17, 15) is 9.59 Å². The molecule has 0 N–H and O–H groups in total. The molecule has 4 nitrogen and oxygen atoms in total. The molecule has 0 fully saturated rings. The fourth-order valence-electron chi connectivity index (χ4n) is 2.56. The van der Waals surface area contributed by atoms with Gasteiger partial charge in [-0.25, -0.2) is 4.79 Å². The van der Waals surface area contributed by atoms with Crippen molar-refractivity contribution in [1.29, 1.82) is 0 Å². The molecule has 1 amide bonds. The Bertz CT molecular complexity index is 933. The Kier molecular flexibility index (Phi) is 6.18. The molecule has 2 aromatic carbocycles. The van der Waals surface area contributed by atoms with Crippen LogP contribution in [0.1, 0.15) is 25.6 Å². The van der Waals surface area contributed by atoms with Crippen molar-refractivity contribution in [2.75, 3.05) is 18.6 Å². The highest BCUT2D eigenvalue weighted by Crippen LogP contribution is 2.23. The predicted octanol–water partition coefficient (Wildman–Crippen LogP) is 4.89. The van der Waals surface area contributed by atoms with Gasteiger partial charge in [-0.3, -0.25) is 4.79 Å². The van der Waals surface area contributed by atoms with E-state index < -0.39 is 5.97 Å². The molecule has 0 unspecified atom stereocenters. The van der Waals surface area contributed by atoms with Gasteiger partial charge in [-0.2, -0.15) is 0 Å². The quantitative estimate of drug-likeness (QED) is 0.574. The van der Waals surface area contributed by atoms with Gasteiger partial charge in [0.25, 0.3) is 5.91 Å². The van der Waals surface area contributed by atoms with Crippen molar-refractivity contribution in [2.24, 2.45) is 0 Å². The van der Waals surface area contributed by atoms with Crippen molar-refractivity contribution in [2.45, 2.75) is 0 Å². The molecular formula is C22H19NO3S. The lowest BCUT2D eigenvalue weighted by Gasteiger charge is -2.19. The lowest BCUT2D eigenvalue weighted by atomic mass is 10.1. The normalized spacial score (nSPS) is 10.7. The number of para-hydroxylation sites is 1. The number of hydrogen-bond acceptors (Lipinski definition) is 4. The molecule has 3 aromatic rings. The van der Waals surface area contributed by atoms with Crippen LogP contribution in [0.15, 0.2) is 78.2 Å². The lowest BCUT2D eigenvalue weighted by Crippen LogP contribution is -2.27. The fourth-order valence-corrected chi connectivity index (χ4v) is 3.26. The number of amides is 1. The summed E-state index contributed by atoms with van der Waals surface area (Å²) >= 11 is 1.37. The summed E-state index contributed by atoms with van der Waals surface area (Å²) in [4.78, 5) is 27.2. The zero-order valence-corrected chi connectivity index (χ0v) is 15.7. The molecule has 0 spiro atoms. The molecule has 0 aliphatic heterocycles. The molecular weight excluding hydrogens is 358 g/mol. The summed E-state index contributed by atoms with van der Waals surface area (Å²) in [5.41, 5.74) is 1.92. The van der Waals surface area contributed by atoms with Gasteiger partial charge in [-0.1, -0.05) is 54.6 Å². The smallest absolute Gasteiger partial charge is 0.340 e. The monoisotopic (exact) mass is 377 g/mol. The molecule has 0 aliphatic carbocycles. The van der Waals surface area contributed by atoms with Gasteiger partial charge in [-0.15, -0.1) is 11.3 Å². The van der Waals surface area contributed by atoms with Crippen LogP contribution in [-0.4, -0.2) is 25.5 Å². The molecule has 0 saturated carbocycles. The van der Waals surface area contributed by atoms with E-state index in [1.54, 1.807) is 43.5 Å². The topological polar surface area (TPSA) is 46.6 Å². The Balaban J connectivity index is 1.68. The number of hydrogen-bond donors (Lipinski definition) is 0. The van der Waals surface area contributed by atoms with Gasteiger partial charge in [0.05, 0.1) is 16.1 Å². The maximum Gasteiger partial charge on any atom is 0.340 e. The second-order valence-corrected chi connectivity index (χ2v) is 6.72. The van der Waals surface area contributed by atoms with Gasteiger partial charge in [-0.05, 0) is 35.2 Å². The first-order valence-corrected chi connectivity index (χ1v) is 9.34. The number of ether oxygens (including phenoxy) is 1. The largest absolute Gasteiger partial charge is 0.458 e. The van der Waals surface area contributed by atoms with Gasteiger partial charge in [0.15, 0.2) is 0 Å². The molecule has 0 radical (unpaired) electrons. The zero-order chi connectivity index (χ0) is 19.1. The van der Waals surface area contributed by atoms with E-state index in [2.05, 4.69) is 0 Å². The van der Waals surface area contributed by atoms with Gasteiger partial charge in [0.1, 0.15) is 6.61 Å². The van der Waals surface area contributed by atoms with E-state index in [0.717, 1.165) is 5.56 Å². The van der Waals surface area contributed by atoms with Crippen molar-refractivity contribution in [3.05, 3.63) is 94.2 Å². The van der Waals surface area contributed by atoms with Gasteiger partial charge in [0.2, 0.25) is 0 Å². The molecule has 1 heterocycles. The molecule has 1 aromatic heterocycles. The van der Waals surface area contributed by atoms with Gasteiger partial charge < -0.3 is 9.64 Å². The summed E-state index contributed by atoms with van der Waals surface area (Å²) in [7, 11) is 1.66. The highest BCUT2D eigenvalue weighted by Gasteiger charge is 2.20. The van der Waals surface area contributed by atoms with E-state index in [1.807, 2.05) is 47.9 Å². The van der Waals surface area contributed by atoms with Crippen LogP contribution in [0.2, 0.25) is 0 Å². The second kappa shape index (κ2) is 8.96. The standard InChI is InChI=1S/C22H19NO3S/c1-23(21(24)20-14-8-16-27-20)19-13-6-5-12-18(19)22(25)26-15-7-11-17-9-3-2-4-10-17/h2-14,16H,15H2,1H3/b11-7+. The number of carbonyl (C=O) groups is 2. The third kappa shape index (κ3) is 4.71. The maximum absolute atomic E-state index is 12.6. The minimum atomic E-state index is -0.464. The van der Waals surface area contributed by atoms with Crippen LogP contribution in [0.25, 0.3) is 6.08 Å². The first-order chi connectivity index (χ1) is 13.2. The van der Waals surface area contributed by atoms with Crippen LogP contribution in [0.4, 0.5) is 5.69 Å². The minimum absolute atomic E-state index is 0.157. The van der Waals surface area contributed by atoms with Gasteiger partial charge in [0, 0.05) is 7.05 Å². The molecule has 136 valence electrons. The van der Waals surface area contributed by atoms with Crippen LogP contribution in [-0.2, 0) is 4.74 Å². The van der Waals surface area contributed by atoms with Crippen molar-refractivity contribution >= 4 is 35.0 Å². The summed E-state index contributed by atoms with van der Waals surface area (Å²) in [6.45, 7) is 0.157. The van der Waals surface area contributed by atoms with Crippen LogP contribution in [0, 0.1) is 0 Å². The molecule has 27 heavy (non-hydrogen) atoms. The Labute approximate surface area is 162 Å². The lowest BCUT2D eigenvalue weighted by molar-refractivity contribution is 0.0551. The second-order valence-electron chi connectivity index (χ2n) is 5.77. The zero-order valence-electron chi connectivity index (χ0n) is 14.9. The molecule has 3 rings (SSSR count). The Morgan fingerprint density at radius 2 is 1.74 bits per heavy atom. The first kappa shape index (κ1) is 18.6. The third-order valence-corrected chi connectivity index (χ3v) is 4.80. The molecule has 0 bridgehead atoms. The average Bonchev–Trinajstić information content (AvgIpc) is 3.25. The van der Waals surface area contributed by atoms with Crippen LogP contribution in [0.3, 0.4) is 0 Å². The summed E-state index contributed by atoms with van der Waals surface area (Å²) in [5.74, 6) is -0.622. The number of rotatable bonds is 6. The van der Waals surface area contributed by atoms with Crippen molar-refractivity contribution in [1.82, 2.24) is 0 Å². The van der Waals surface area contributed by atoms with Crippen molar-refractivity contribution in [3.63, 3.8) is 0 Å². The SMILES string of the molecule is CN(C(=O)c1cccs1)c1ccccc1C(=O)OC/C=C/c1ccccc1. The van der Waals surface area contributed by atoms with E-state index in [4.69, 9.17) is 4.74 Å². The van der Waals surface area contributed by atoms with E-state index in [-0.39, 0.29) is 12.5 Å². The fraction of sp³-hybridized carbons (Fsp3) is 0.0909. The van der Waals surface area contributed by atoms with Crippen LogP contribution >= 0.6 is 11.3 Å². The summed E-state index contributed by atoms with van der Waals surface area (Å²) in [6.07, 6.45) is 3.68. The molecule has 5 heteroatoms. The van der Waals surface area contributed by atoms with E-state index in [0.29, 0.717) is 16.1 Å². The van der Waals surface area contributed by atoms with Crippen LogP contribution < -0.4 is 4.90 Å². The highest BCUT2D eigenvalue weighted by atomic mass is 32.1. The molecule has 0 aliphatic rings. The molecule has 0 atom stereocenters. The molecule has 0 saturated heterocycles. The number of esters is 1. The summed E-state index contributed by atoms with van der Waals surface area (Å²) in [5, 5.41) is 1.85. The number of thiophene rings is 1. The maximum atomic E-state index is 12.6. The predicted molar refractivity (Wildman–Crippen MR) is 109 cm³/mol. The Morgan fingerprint density at radius 1 is 1.00 bits per heavy atom. The highest BCUT2D eigenvalue weighted by molar-refractivity contribution is 7.12. The average molecular weight is 377 g/mol. The number of nitrogens with zero attached hydrogens (tertiary/aromatic N) is 1. The summed E-state index contributed by atoms with van der Waals surface area (Å²) < 4.78 is 5.35. The Morgan fingerprint density at radius 3 is 2.48 bits per heavy atom. The minimum Gasteiger partial charge on any atom is -0.458 e. The van der Waals surface area contributed by atoms with E-state index in [1.165, 1.54) is 16.2 Å². The van der Waals surface area contributed by atoms with Crippen molar-refractivity contribution < 1.29 is 14.3 Å². The number of anilines is 1. The number of benzene rings is 2. The number of carbonyl (C=O) groups excluding carboxylic acids is 2. The van der Waals surface area contributed by atoms with E-state index >= 15 is 0 Å².